The van der Waals surface area contributed by atoms with Crippen LogP contribution in [0.25, 0.3) is 0 Å². The first-order chi connectivity index (χ1) is 9.09. The molecule has 6 heteroatoms. The molecule has 0 spiro atoms. The minimum Gasteiger partial charge on any atom is -0.481 e. The first-order valence-corrected chi connectivity index (χ1v) is 6.87. The van der Waals surface area contributed by atoms with Gasteiger partial charge in [-0.15, -0.1) is 10.2 Å². The second-order valence-electron chi connectivity index (χ2n) is 4.24. The van der Waals surface area contributed by atoms with Crippen LogP contribution in [0, 0.1) is 6.92 Å². The molecular formula is C13H15N3O2S. The van der Waals surface area contributed by atoms with Crippen molar-refractivity contribution < 1.29 is 9.90 Å². The molecule has 1 aromatic carbocycles. The third-order valence-corrected chi connectivity index (χ3v) is 3.86. The van der Waals surface area contributed by atoms with Gasteiger partial charge in [0, 0.05) is 0 Å². The lowest BCUT2D eigenvalue weighted by atomic mass is 10.0. The largest absolute Gasteiger partial charge is 0.481 e. The van der Waals surface area contributed by atoms with Crippen molar-refractivity contribution in [1.29, 1.82) is 0 Å². The minimum absolute atomic E-state index is 0.0147. The molecule has 0 amide bonds. The van der Waals surface area contributed by atoms with Crippen LogP contribution in [0.5, 0.6) is 0 Å². The van der Waals surface area contributed by atoms with E-state index >= 15 is 0 Å². The van der Waals surface area contributed by atoms with Gasteiger partial charge in [-0.25, -0.2) is 0 Å². The Balaban J connectivity index is 2.25. The number of carboxylic acids is 1. The number of rotatable bonds is 5. The summed E-state index contributed by atoms with van der Waals surface area (Å²) in [6, 6.07) is 8.18. The molecule has 19 heavy (non-hydrogen) atoms. The lowest BCUT2D eigenvalue weighted by molar-refractivity contribution is -0.133. The van der Waals surface area contributed by atoms with Crippen molar-refractivity contribution in [2.24, 2.45) is 0 Å². The third kappa shape index (κ3) is 3.14. The topological polar surface area (TPSA) is 68.0 Å². The zero-order valence-electron chi connectivity index (χ0n) is 10.8. The highest BCUT2D eigenvalue weighted by Crippen LogP contribution is 2.25. The van der Waals surface area contributed by atoms with Crippen LogP contribution in [-0.4, -0.2) is 31.6 Å². The van der Waals surface area contributed by atoms with Gasteiger partial charge < -0.3 is 9.67 Å². The van der Waals surface area contributed by atoms with Crippen LogP contribution in [0.3, 0.4) is 0 Å². The van der Waals surface area contributed by atoms with E-state index in [1.807, 2.05) is 16.7 Å². The van der Waals surface area contributed by atoms with Gasteiger partial charge in [0.2, 0.25) is 0 Å². The van der Waals surface area contributed by atoms with Gasteiger partial charge in [-0.05, 0) is 25.0 Å². The maximum absolute atomic E-state index is 10.6. The molecule has 1 heterocycles. The van der Waals surface area contributed by atoms with E-state index in [9.17, 15) is 4.79 Å². The maximum Gasteiger partial charge on any atom is 0.313 e. The zero-order chi connectivity index (χ0) is 13.8. The van der Waals surface area contributed by atoms with Gasteiger partial charge in [0.25, 0.3) is 0 Å². The molecule has 0 saturated carbocycles. The number of hydrogen-bond acceptors (Lipinski definition) is 4. The van der Waals surface area contributed by atoms with E-state index in [1.54, 1.807) is 6.33 Å². The fraction of sp³-hybridized carbons (Fsp3) is 0.308. The molecule has 2 rings (SSSR count). The molecule has 5 nitrogen and oxygen atoms in total. The summed E-state index contributed by atoms with van der Waals surface area (Å²) in [6.07, 6.45) is 1.64. The molecular weight excluding hydrogens is 262 g/mol. The number of aliphatic carboxylic acids is 1. The van der Waals surface area contributed by atoms with Crippen LogP contribution < -0.4 is 0 Å². The summed E-state index contributed by atoms with van der Waals surface area (Å²) in [7, 11) is 0. The number of carbonyl (C=O) groups is 1. The Labute approximate surface area is 115 Å². The van der Waals surface area contributed by atoms with Crippen LogP contribution >= 0.6 is 11.8 Å². The van der Waals surface area contributed by atoms with Gasteiger partial charge in [-0.2, -0.15) is 0 Å². The molecule has 1 N–H and O–H groups in total. The lowest BCUT2D eigenvalue weighted by Gasteiger charge is -2.17. The first kappa shape index (κ1) is 13.6. The summed E-state index contributed by atoms with van der Waals surface area (Å²) in [4.78, 5) is 10.6. The predicted molar refractivity (Wildman–Crippen MR) is 73.4 cm³/mol. The standard InChI is InChI=1S/C13H15N3O2S/c1-9-5-3-4-6-11(9)10(2)16-8-14-15-13(16)19-7-12(17)18/h3-6,8,10H,7H2,1-2H3,(H,17,18). The molecule has 0 aliphatic carbocycles. The number of nitrogens with zero attached hydrogens (tertiary/aromatic N) is 3. The Hall–Kier alpha value is -1.82. The smallest absolute Gasteiger partial charge is 0.313 e. The molecule has 1 aromatic heterocycles. The van der Waals surface area contributed by atoms with Gasteiger partial charge in [0.15, 0.2) is 5.16 Å². The van der Waals surface area contributed by atoms with Crippen LogP contribution in [0.15, 0.2) is 35.7 Å². The lowest BCUT2D eigenvalue weighted by Crippen LogP contribution is -2.09. The van der Waals surface area contributed by atoms with Crippen LogP contribution in [0.2, 0.25) is 0 Å². The Bertz CT molecular complexity index is 583. The van der Waals surface area contributed by atoms with E-state index < -0.39 is 5.97 Å². The van der Waals surface area contributed by atoms with Gasteiger partial charge >= 0.3 is 5.97 Å². The monoisotopic (exact) mass is 277 g/mol. The number of aryl methyl sites for hydroxylation is 1. The van der Waals surface area contributed by atoms with E-state index in [-0.39, 0.29) is 11.8 Å². The summed E-state index contributed by atoms with van der Waals surface area (Å²) in [5.74, 6) is -0.873. The first-order valence-electron chi connectivity index (χ1n) is 5.89. The predicted octanol–water partition coefficient (Wildman–Crippen LogP) is 2.37. The molecule has 1 atom stereocenters. The molecule has 0 aliphatic heterocycles. The van der Waals surface area contributed by atoms with Crippen molar-refractivity contribution in [3.05, 3.63) is 41.7 Å². The fourth-order valence-corrected chi connectivity index (χ4v) is 2.64. The van der Waals surface area contributed by atoms with E-state index in [0.29, 0.717) is 5.16 Å². The highest BCUT2D eigenvalue weighted by atomic mass is 32.2. The van der Waals surface area contributed by atoms with Crippen molar-refractivity contribution in [1.82, 2.24) is 14.8 Å². The SMILES string of the molecule is Cc1ccccc1C(C)n1cnnc1SCC(=O)O. The molecule has 0 fully saturated rings. The Morgan fingerprint density at radius 1 is 1.47 bits per heavy atom. The number of aromatic nitrogens is 3. The van der Waals surface area contributed by atoms with E-state index in [2.05, 4.69) is 36.2 Å². The van der Waals surface area contributed by atoms with Crippen LogP contribution in [0.4, 0.5) is 0 Å². The summed E-state index contributed by atoms with van der Waals surface area (Å²) < 4.78 is 1.90. The number of hydrogen-bond donors (Lipinski definition) is 1. The molecule has 0 bridgehead atoms. The van der Waals surface area contributed by atoms with Crippen molar-refractivity contribution in [2.45, 2.75) is 25.0 Å². The highest BCUT2D eigenvalue weighted by molar-refractivity contribution is 7.99. The molecule has 0 radical (unpaired) electrons. The van der Waals surface area contributed by atoms with Gasteiger partial charge in [-0.3, -0.25) is 4.79 Å². The van der Waals surface area contributed by atoms with E-state index in [0.717, 1.165) is 0 Å². The zero-order valence-corrected chi connectivity index (χ0v) is 11.6. The van der Waals surface area contributed by atoms with Crippen molar-refractivity contribution in [3.8, 4) is 0 Å². The quantitative estimate of drug-likeness (QED) is 0.850. The molecule has 1 unspecified atom stereocenters. The average Bonchev–Trinajstić information content (AvgIpc) is 2.84. The normalized spacial score (nSPS) is 12.3. The van der Waals surface area contributed by atoms with Crippen molar-refractivity contribution in [3.63, 3.8) is 0 Å². The molecule has 100 valence electrons. The second-order valence-corrected chi connectivity index (χ2v) is 5.18. The highest BCUT2D eigenvalue weighted by Gasteiger charge is 2.15. The summed E-state index contributed by atoms with van der Waals surface area (Å²) in [5.41, 5.74) is 2.37. The van der Waals surface area contributed by atoms with Gasteiger partial charge in [-0.1, -0.05) is 36.0 Å². The minimum atomic E-state index is -0.858. The number of thioether (sulfide) groups is 1. The summed E-state index contributed by atoms with van der Waals surface area (Å²) >= 11 is 1.18. The second kappa shape index (κ2) is 5.88. The third-order valence-electron chi connectivity index (χ3n) is 2.92. The van der Waals surface area contributed by atoms with Crippen molar-refractivity contribution in [2.75, 3.05) is 5.75 Å². The van der Waals surface area contributed by atoms with Crippen molar-refractivity contribution >= 4 is 17.7 Å². The molecule has 0 aliphatic rings. The van der Waals surface area contributed by atoms with Crippen LogP contribution in [-0.2, 0) is 4.79 Å². The summed E-state index contributed by atoms with van der Waals surface area (Å²) in [5, 5.41) is 17.2. The fourth-order valence-electron chi connectivity index (χ4n) is 1.93. The van der Waals surface area contributed by atoms with Crippen LogP contribution in [0.1, 0.15) is 24.1 Å². The molecule has 2 aromatic rings. The number of benzene rings is 1. The Morgan fingerprint density at radius 2 is 2.21 bits per heavy atom. The number of carboxylic acid groups (broad SMARTS) is 1. The van der Waals surface area contributed by atoms with E-state index in [4.69, 9.17) is 5.11 Å². The van der Waals surface area contributed by atoms with E-state index in [1.165, 1.54) is 22.9 Å². The molecule has 0 saturated heterocycles. The average molecular weight is 277 g/mol. The maximum atomic E-state index is 10.6. The van der Waals surface area contributed by atoms with Gasteiger partial charge in [0.05, 0.1) is 11.8 Å². The Morgan fingerprint density at radius 3 is 2.89 bits per heavy atom. The van der Waals surface area contributed by atoms with Gasteiger partial charge in [0.1, 0.15) is 6.33 Å². The Kier molecular flexibility index (Phi) is 4.21. The summed E-state index contributed by atoms with van der Waals surface area (Å²) in [6.45, 7) is 4.11.